The van der Waals surface area contributed by atoms with Crippen LogP contribution in [0.4, 0.5) is 11.4 Å². The maximum absolute atomic E-state index is 13.1. The minimum atomic E-state index is -0.474. The van der Waals surface area contributed by atoms with Crippen molar-refractivity contribution in [2.75, 3.05) is 4.90 Å². The van der Waals surface area contributed by atoms with Crippen LogP contribution in [0.15, 0.2) is 53.7 Å². The molecule has 2 aliphatic rings. The quantitative estimate of drug-likeness (QED) is 0.480. The zero-order valence-electron chi connectivity index (χ0n) is 15.2. The number of hydrogen-bond donors (Lipinski definition) is 0. The molecule has 6 nitrogen and oxygen atoms in total. The summed E-state index contributed by atoms with van der Waals surface area (Å²) in [4.78, 5) is 38.0. The SMILES string of the molecule is O=C1CCCC2=C1C(c1ccc([N+](=O)[O-])cc1)CC(=O)N2c1ccc(Cl)c(Cl)c1. The van der Waals surface area contributed by atoms with Gasteiger partial charge in [-0.3, -0.25) is 24.6 Å². The second-order valence-electron chi connectivity index (χ2n) is 7.07. The summed E-state index contributed by atoms with van der Waals surface area (Å²) < 4.78 is 0. The first kappa shape index (κ1) is 19.6. The zero-order valence-corrected chi connectivity index (χ0v) is 16.7. The third-order valence-corrected chi connectivity index (χ3v) is 6.08. The molecular weight excluding hydrogens is 415 g/mol. The molecule has 0 spiro atoms. The summed E-state index contributed by atoms with van der Waals surface area (Å²) in [7, 11) is 0. The Morgan fingerprint density at radius 1 is 1.00 bits per heavy atom. The molecule has 1 aliphatic heterocycles. The normalized spacial score (nSPS) is 19.4. The number of nitro groups is 1. The van der Waals surface area contributed by atoms with E-state index in [9.17, 15) is 19.7 Å². The Balaban J connectivity index is 1.82. The van der Waals surface area contributed by atoms with E-state index in [1.807, 2.05) is 0 Å². The number of ketones is 1. The lowest BCUT2D eigenvalue weighted by atomic mass is 9.77. The van der Waals surface area contributed by atoms with E-state index >= 15 is 0 Å². The molecule has 1 atom stereocenters. The van der Waals surface area contributed by atoms with Gasteiger partial charge in [0, 0.05) is 42.2 Å². The van der Waals surface area contributed by atoms with E-state index in [0.29, 0.717) is 46.3 Å². The van der Waals surface area contributed by atoms with Gasteiger partial charge in [0.15, 0.2) is 5.78 Å². The predicted molar refractivity (Wildman–Crippen MR) is 110 cm³/mol. The highest BCUT2D eigenvalue weighted by Crippen LogP contribution is 2.44. The minimum Gasteiger partial charge on any atom is -0.294 e. The lowest BCUT2D eigenvalue weighted by molar-refractivity contribution is -0.384. The molecule has 1 unspecified atom stereocenters. The first-order chi connectivity index (χ1) is 13.9. The number of carbonyl (C=O) groups excluding carboxylic acids is 2. The number of amides is 1. The fourth-order valence-corrected chi connectivity index (χ4v) is 4.32. The van der Waals surface area contributed by atoms with Crippen molar-refractivity contribution in [2.24, 2.45) is 0 Å². The van der Waals surface area contributed by atoms with Gasteiger partial charge in [0.05, 0.1) is 20.7 Å². The number of nitrogens with zero attached hydrogens (tertiary/aromatic N) is 2. The van der Waals surface area contributed by atoms with Gasteiger partial charge in [-0.05, 0) is 36.6 Å². The van der Waals surface area contributed by atoms with Gasteiger partial charge < -0.3 is 0 Å². The topological polar surface area (TPSA) is 80.5 Å². The second kappa shape index (κ2) is 7.61. The van der Waals surface area contributed by atoms with Crippen LogP contribution < -0.4 is 4.90 Å². The zero-order chi connectivity index (χ0) is 20.7. The number of non-ortho nitro benzene ring substituents is 1. The van der Waals surface area contributed by atoms with Gasteiger partial charge in [-0.15, -0.1) is 0 Å². The van der Waals surface area contributed by atoms with Gasteiger partial charge in [-0.1, -0.05) is 35.3 Å². The lowest BCUT2D eigenvalue weighted by Gasteiger charge is -2.38. The summed E-state index contributed by atoms with van der Waals surface area (Å²) in [5.41, 5.74) is 2.56. The molecule has 0 fully saturated rings. The molecule has 0 radical (unpaired) electrons. The maximum Gasteiger partial charge on any atom is 0.269 e. The molecule has 0 bridgehead atoms. The van der Waals surface area contributed by atoms with Crippen molar-refractivity contribution in [3.63, 3.8) is 0 Å². The van der Waals surface area contributed by atoms with E-state index in [1.165, 1.54) is 12.1 Å². The van der Waals surface area contributed by atoms with Crippen LogP contribution in [0.25, 0.3) is 0 Å². The van der Waals surface area contributed by atoms with Gasteiger partial charge >= 0.3 is 0 Å². The Hall–Kier alpha value is -2.70. The average Bonchev–Trinajstić information content (AvgIpc) is 2.70. The summed E-state index contributed by atoms with van der Waals surface area (Å²) >= 11 is 12.1. The van der Waals surface area contributed by atoms with Crippen molar-refractivity contribution < 1.29 is 14.5 Å². The molecule has 4 rings (SSSR count). The van der Waals surface area contributed by atoms with Crippen molar-refractivity contribution in [3.8, 4) is 0 Å². The Kier molecular flexibility index (Phi) is 5.15. The third-order valence-electron chi connectivity index (χ3n) is 5.34. The summed E-state index contributed by atoms with van der Waals surface area (Å²) in [6.45, 7) is 0. The van der Waals surface area contributed by atoms with Crippen LogP contribution in [0.3, 0.4) is 0 Å². The van der Waals surface area contributed by atoms with Gasteiger partial charge in [0.1, 0.15) is 0 Å². The molecule has 0 saturated carbocycles. The van der Waals surface area contributed by atoms with E-state index in [1.54, 1.807) is 35.2 Å². The molecule has 29 heavy (non-hydrogen) atoms. The van der Waals surface area contributed by atoms with E-state index < -0.39 is 10.8 Å². The summed E-state index contributed by atoms with van der Waals surface area (Å²) in [5, 5.41) is 11.7. The molecule has 0 N–H and O–H groups in total. The Morgan fingerprint density at radius 2 is 1.72 bits per heavy atom. The third kappa shape index (κ3) is 3.54. The van der Waals surface area contributed by atoms with Crippen molar-refractivity contribution in [2.45, 2.75) is 31.6 Å². The smallest absolute Gasteiger partial charge is 0.269 e. The number of carbonyl (C=O) groups is 2. The number of halogens is 2. The fraction of sp³-hybridized carbons (Fsp3) is 0.238. The molecule has 2 aromatic carbocycles. The lowest BCUT2D eigenvalue weighted by Crippen LogP contribution is -2.40. The summed E-state index contributed by atoms with van der Waals surface area (Å²) in [5.74, 6) is -0.558. The van der Waals surface area contributed by atoms with Crippen molar-refractivity contribution in [1.29, 1.82) is 0 Å². The predicted octanol–water partition coefficient (Wildman–Crippen LogP) is 5.43. The highest BCUT2D eigenvalue weighted by Gasteiger charge is 2.39. The second-order valence-corrected chi connectivity index (χ2v) is 7.88. The number of rotatable bonds is 3. The average molecular weight is 431 g/mol. The molecule has 8 heteroatoms. The van der Waals surface area contributed by atoms with Gasteiger partial charge in [-0.2, -0.15) is 0 Å². The van der Waals surface area contributed by atoms with Crippen LogP contribution in [-0.2, 0) is 9.59 Å². The van der Waals surface area contributed by atoms with E-state index in [4.69, 9.17) is 23.2 Å². The van der Waals surface area contributed by atoms with Crippen LogP contribution >= 0.6 is 23.2 Å². The van der Waals surface area contributed by atoms with Crippen LogP contribution in [0.5, 0.6) is 0 Å². The van der Waals surface area contributed by atoms with Gasteiger partial charge in [-0.25, -0.2) is 0 Å². The first-order valence-corrected chi connectivity index (χ1v) is 9.91. The number of anilines is 1. The van der Waals surface area contributed by atoms with Gasteiger partial charge in [0.2, 0.25) is 5.91 Å². The highest BCUT2D eigenvalue weighted by molar-refractivity contribution is 6.42. The molecule has 2 aromatic rings. The Bertz CT molecular complexity index is 1060. The molecule has 148 valence electrons. The van der Waals surface area contributed by atoms with Crippen molar-refractivity contribution >= 4 is 46.3 Å². The van der Waals surface area contributed by atoms with Crippen molar-refractivity contribution in [3.05, 3.63) is 79.5 Å². The number of benzene rings is 2. The fourth-order valence-electron chi connectivity index (χ4n) is 4.03. The Morgan fingerprint density at radius 3 is 2.38 bits per heavy atom. The van der Waals surface area contributed by atoms with Crippen LogP contribution in [0.1, 0.15) is 37.2 Å². The molecule has 1 amide bonds. The maximum atomic E-state index is 13.1. The standard InChI is InChI=1S/C21H16Cl2N2O4/c22-16-9-8-14(10-17(16)23)24-18-2-1-3-19(26)21(18)15(11-20(24)27)12-4-6-13(7-5-12)25(28)29/h4-10,15H,1-3,11H2. The summed E-state index contributed by atoms with van der Waals surface area (Å²) in [6, 6.07) is 11.0. The highest BCUT2D eigenvalue weighted by atomic mass is 35.5. The van der Waals surface area contributed by atoms with Crippen LogP contribution in [0.2, 0.25) is 10.0 Å². The molecule has 0 saturated heterocycles. The van der Waals surface area contributed by atoms with Crippen LogP contribution in [-0.4, -0.2) is 16.6 Å². The largest absolute Gasteiger partial charge is 0.294 e. The molecule has 1 heterocycles. The van der Waals surface area contributed by atoms with E-state index in [0.717, 1.165) is 5.56 Å². The van der Waals surface area contributed by atoms with Gasteiger partial charge in [0.25, 0.3) is 5.69 Å². The van der Waals surface area contributed by atoms with E-state index in [2.05, 4.69) is 0 Å². The number of nitro benzene ring substituents is 1. The van der Waals surface area contributed by atoms with E-state index in [-0.39, 0.29) is 23.8 Å². The van der Waals surface area contributed by atoms with Crippen molar-refractivity contribution in [1.82, 2.24) is 0 Å². The molecular formula is C21H16Cl2N2O4. The monoisotopic (exact) mass is 430 g/mol. The first-order valence-electron chi connectivity index (χ1n) is 9.15. The van der Waals surface area contributed by atoms with Crippen LogP contribution in [0, 0.1) is 10.1 Å². The number of allylic oxidation sites excluding steroid dienone is 2. The Labute approximate surface area is 176 Å². The summed E-state index contributed by atoms with van der Waals surface area (Å²) in [6.07, 6.45) is 1.78. The number of hydrogen-bond acceptors (Lipinski definition) is 4. The minimum absolute atomic E-state index is 0.00663. The molecule has 0 aromatic heterocycles. The molecule has 1 aliphatic carbocycles. The number of Topliss-reactive ketones (excluding diaryl/α,β-unsaturated/α-hetero) is 1.